The summed E-state index contributed by atoms with van der Waals surface area (Å²) in [5, 5.41) is 0. The molecular weight excluding hydrogens is 158 g/mol. The number of rotatable bonds is 0. The third-order valence-electron chi connectivity index (χ3n) is 4.41. The minimum absolute atomic E-state index is 0.223. The average Bonchev–Trinajstić information content (AvgIpc) is 2.38. The lowest BCUT2D eigenvalue weighted by molar-refractivity contribution is -0.120. The molecule has 0 aromatic rings. The fourth-order valence-electron chi connectivity index (χ4n) is 3.27. The van der Waals surface area contributed by atoms with E-state index in [4.69, 9.17) is 0 Å². The zero-order valence-electron chi connectivity index (χ0n) is 7.85. The third kappa shape index (κ3) is 0.763. The van der Waals surface area contributed by atoms with Crippen molar-refractivity contribution in [2.75, 3.05) is 0 Å². The first kappa shape index (κ1) is 8.46. The van der Waals surface area contributed by atoms with E-state index in [1.165, 1.54) is 0 Å². The molecule has 2 aliphatic carbocycles. The molecule has 0 aromatic heterocycles. The average molecular weight is 174 g/mol. The van der Waals surface area contributed by atoms with Gasteiger partial charge in [0.2, 0.25) is 0 Å². The van der Waals surface area contributed by atoms with Crippen LogP contribution in [0.25, 0.3) is 0 Å². The van der Waals surface area contributed by atoms with Gasteiger partial charge in [-0.15, -0.1) is 0 Å². The SMILES string of the molecule is CC1C(C)C2CC1C(C)C2(F)F. The topological polar surface area (TPSA) is 0 Å². The molecule has 2 fully saturated rings. The van der Waals surface area contributed by atoms with Crippen LogP contribution in [0.5, 0.6) is 0 Å². The number of halogens is 2. The molecule has 5 unspecified atom stereocenters. The van der Waals surface area contributed by atoms with Gasteiger partial charge in [-0.3, -0.25) is 0 Å². The summed E-state index contributed by atoms with van der Waals surface area (Å²) in [7, 11) is 0. The van der Waals surface area contributed by atoms with Crippen molar-refractivity contribution in [2.24, 2.45) is 29.6 Å². The Balaban J connectivity index is 2.30. The lowest BCUT2D eigenvalue weighted by Crippen LogP contribution is -2.40. The highest BCUT2D eigenvalue weighted by Crippen LogP contribution is 2.61. The summed E-state index contributed by atoms with van der Waals surface area (Å²) in [5.41, 5.74) is 0. The fraction of sp³-hybridized carbons (Fsp3) is 1.00. The van der Waals surface area contributed by atoms with Gasteiger partial charge in [-0.2, -0.15) is 0 Å². The molecule has 2 aliphatic rings. The Morgan fingerprint density at radius 3 is 2.08 bits per heavy atom. The van der Waals surface area contributed by atoms with Crippen LogP contribution in [0.4, 0.5) is 8.78 Å². The molecule has 0 spiro atoms. The van der Waals surface area contributed by atoms with Crippen molar-refractivity contribution in [2.45, 2.75) is 33.1 Å². The van der Waals surface area contributed by atoms with E-state index in [1.807, 2.05) is 6.92 Å². The van der Waals surface area contributed by atoms with Crippen LogP contribution >= 0.6 is 0 Å². The Labute approximate surface area is 72.3 Å². The molecule has 2 heteroatoms. The van der Waals surface area contributed by atoms with Gasteiger partial charge in [0.05, 0.1) is 0 Å². The summed E-state index contributed by atoms with van der Waals surface area (Å²) in [6, 6.07) is 0. The van der Waals surface area contributed by atoms with Gasteiger partial charge in [-0.25, -0.2) is 8.78 Å². The van der Waals surface area contributed by atoms with Crippen LogP contribution in [0.2, 0.25) is 0 Å². The summed E-state index contributed by atoms with van der Waals surface area (Å²) >= 11 is 0. The molecule has 2 rings (SSSR count). The van der Waals surface area contributed by atoms with Crippen molar-refractivity contribution in [3.05, 3.63) is 0 Å². The number of fused-ring (bicyclic) bond motifs is 2. The van der Waals surface area contributed by atoms with Crippen LogP contribution in [0.1, 0.15) is 27.2 Å². The Morgan fingerprint density at radius 2 is 1.67 bits per heavy atom. The lowest BCUT2D eigenvalue weighted by Gasteiger charge is -2.36. The summed E-state index contributed by atoms with van der Waals surface area (Å²) in [5.74, 6) is -2.08. The van der Waals surface area contributed by atoms with Gasteiger partial charge in [0.1, 0.15) is 0 Å². The van der Waals surface area contributed by atoms with E-state index < -0.39 is 5.92 Å². The zero-order valence-corrected chi connectivity index (χ0v) is 7.85. The minimum Gasteiger partial charge on any atom is -0.206 e. The van der Waals surface area contributed by atoms with E-state index in [-0.39, 0.29) is 23.7 Å². The molecule has 0 radical (unpaired) electrons. The van der Waals surface area contributed by atoms with Crippen LogP contribution in [-0.2, 0) is 0 Å². The highest BCUT2D eigenvalue weighted by Gasteiger charge is 2.63. The van der Waals surface area contributed by atoms with Crippen LogP contribution in [0.3, 0.4) is 0 Å². The largest absolute Gasteiger partial charge is 0.253 e. The Morgan fingerprint density at radius 1 is 1.08 bits per heavy atom. The van der Waals surface area contributed by atoms with Crippen molar-refractivity contribution >= 4 is 0 Å². The lowest BCUT2D eigenvalue weighted by atomic mass is 9.74. The molecule has 5 atom stereocenters. The molecule has 0 aliphatic heterocycles. The maximum absolute atomic E-state index is 13.5. The Kier molecular flexibility index (Phi) is 1.56. The first-order chi connectivity index (χ1) is 5.46. The van der Waals surface area contributed by atoms with E-state index in [0.717, 1.165) is 6.42 Å². The van der Waals surface area contributed by atoms with E-state index in [9.17, 15) is 8.78 Å². The van der Waals surface area contributed by atoms with Gasteiger partial charge in [0, 0.05) is 11.8 Å². The summed E-state index contributed by atoms with van der Waals surface area (Å²) in [4.78, 5) is 0. The van der Waals surface area contributed by atoms with Crippen molar-refractivity contribution in [3.63, 3.8) is 0 Å². The molecule has 0 saturated heterocycles. The predicted molar refractivity (Wildman–Crippen MR) is 44.0 cm³/mol. The monoisotopic (exact) mass is 174 g/mol. The Hall–Kier alpha value is -0.140. The second-order valence-electron chi connectivity index (χ2n) is 4.69. The number of alkyl halides is 2. The normalized spacial score (nSPS) is 56.2. The van der Waals surface area contributed by atoms with Crippen molar-refractivity contribution in [3.8, 4) is 0 Å². The van der Waals surface area contributed by atoms with Gasteiger partial charge in [0.15, 0.2) is 0 Å². The summed E-state index contributed by atoms with van der Waals surface area (Å²) < 4.78 is 26.9. The predicted octanol–water partition coefficient (Wildman–Crippen LogP) is 3.18. The van der Waals surface area contributed by atoms with Gasteiger partial charge >= 0.3 is 0 Å². The third-order valence-corrected chi connectivity index (χ3v) is 4.41. The molecule has 0 N–H and O–H groups in total. The minimum atomic E-state index is -2.38. The molecular formula is C10H16F2. The summed E-state index contributed by atoms with van der Waals surface area (Å²) in [6.45, 7) is 5.82. The molecule has 0 heterocycles. The van der Waals surface area contributed by atoms with Gasteiger partial charge in [0.25, 0.3) is 5.92 Å². The van der Waals surface area contributed by atoms with Crippen LogP contribution < -0.4 is 0 Å². The second-order valence-corrected chi connectivity index (χ2v) is 4.69. The molecule has 0 nitrogen and oxygen atoms in total. The van der Waals surface area contributed by atoms with Crippen molar-refractivity contribution in [1.82, 2.24) is 0 Å². The van der Waals surface area contributed by atoms with E-state index in [2.05, 4.69) is 6.92 Å². The smallest absolute Gasteiger partial charge is 0.206 e. The van der Waals surface area contributed by atoms with Crippen LogP contribution in [0, 0.1) is 29.6 Å². The highest BCUT2D eigenvalue weighted by atomic mass is 19.3. The molecule has 0 amide bonds. The van der Waals surface area contributed by atoms with Gasteiger partial charge in [-0.1, -0.05) is 20.8 Å². The first-order valence-electron chi connectivity index (χ1n) is 4.84. The standard InChI is InChI=1S/C10H16F2/c1-5-6(2)9-4-8(5)7(3)10(9,11)12/h5-9H,4H2,1-3H3. The number of hydrogen-bond donors (Lipinski definition) is 0. The van der Waals surface area contributed by atoms with E-state index >= 15 is 0 Å². The van der Waals surface area contributed by atoms with E-state index in [1.54, 1.807) is 6.92 Å². The molecule has 2 bridgehead atoms. The van der Waals surface area contributed by atoms with Crippen molar-refractivity contribution < 1.29 is 8.78 Å². The molecule has 12 heavy (non-hydrogen) atoms. The maximum Gasteiger partial charge on any atom is 0.253 e. The first-order valence-corrected chi connectivity index (χ1v) is 4.84. The Bertz CT molecular complexity index is 200. The van der Waals surface area contributed by atoms with Crippen molar-refractivity contribution in [1.29, 1.82) is 0 Å². The van der Waals surface area contributed by atoms with Gasteiger partial charge in [-0.05, 0) is 24.2 Å². The second kappa shape index (κ2) is 2.21. The molecule has 2 saturated carbocycles. The molecule has 70 valence electrons. The quantitative estimate of drug-likeness (QED) is 0.529. The van der Waals surface area contributed by atoms with E-state index in [0.29, 0.717) is 5.92 Å². The zero-order chi connectivity index (χ0) is 9.09. The molecule has 0 aromatic carbocycles. The van der Waals surface area contributed by atoms with Crippen LogP contribution in [0.15, 0.2) is 0 Å². The number of hydrogen-bond acceptors (Lipinski definition) is 0. The fourth-order valence-corrected chi connectivity index (χ4v) is 3.27. The highest BCUT2D eigenvalue weighted by molar-refractivity contribution is 5.05. The van der Waals surface area contributed by atoms with Gasteiger partial charge < -0.3 is 0 Å². The maximum atomic E-state index is 13.5. The summed E-state index contributed by atoms with van der Waals surface area (Å²) in [6.07, 6.45) is 0.760. The van der Waals surface area contributed by atoms with Crippen LogP contribution in [-0.4, -0.2) is 5.92 Å².